The van der Waals surface area contributed by atoms with Crippen molar-refractivity contribution in [1.82, 2.24) is 10.2 Å². The predicted octanol–water partition coefficient (Wildman–Crippen LogP) is 3.30. The lowest BCUT2D eigenvalue weighted by molar-refractivity contribution is -0.160. The fraction of sp³-hybridized carbons (Fsp3) is 0.640. The van der Waals surface area contributed by atoms with E-state index in [0.29, 0.717) is 18.7 Å². The molecule has 0 aromatic heterocycles. The number of ether oxygens (including phenoxy) is 1. The molecule has 1 saturated heterocycles. The molecule has 4 bridgehead atoms. The molecule has 1 aromatic rings. The topological polar surface area (TPSA) is 75.7 Å². The first-order chi connectivity index (χ1) is 15.0. The van der Waals surface area contributed by atoms with Crippen molar-refractivity contribution < 1.29 is 19.1 Å². The minimum Gasteiger partial charge on any atom is -0.465 e. The first kappa shape index (κ1) is 20.5. The molecule has 1 aromatic carbocycles. The molecule has 1 heterocycles. The van der Waals surface area contributed by atoms with Crippen LogP contribution >= 0.6 is 0 Å². The maximum absolute atomic E-state index is 13.7. The second-order valence-electron chi connectivity index (χ2n) is 10.3. The van der Waals surface area contributed by atoms with Crippen molar-refractivity contribution in [3.63, 3.8) is 0 Å². The Bertz CT molecular complexity index is 843. The predicted molar refractivity (Wildman–Crippen MR) is 115 cm³/mol. The molecule has 0 spiro atoms. The van der Waals surface area contributed by atoms with Crippen molar-refractivity contribution in [3.8, 4) is 0 Å². The van der Waals surface area contributed by atoms with E-state index in [1.165, 1.54) is 26.4 Å². The maximum atomic E-state index is 13.7. The second-order valence-corrected chi connectivity index (χ2v) is 10.3. The zero-order valence-corrected chi connectivity index (χ0v) is 18.3. The van der Waals surface area contributed by atoms with Crippen molar-refractivity contribution in [3.05, 3.63) is 35.4 Å². The molecular weight excluding hydrogens is 392 g/mol. The number of carbonyl (C=O) groups is 3. The minimum absolute atomic E-state index is 0.0624. The molecule has 1 unspecified atom stereocenters. The molecule has 0 radical (unpaired) electrons. The quantitative estimate of drug-likeness (QED) is 0.736. The Kier molecular flexibility index (Phi) is 5.27. The molecule has 31 heavy (non-hydrogen) atoms. The van der Waals surface area contributed by atoms with Crippen LogP contribution in [0.25, 0.3) is 0 Å². The monoisotopic (exact) mass is 424 g/mol. The molecule has 6 heteroatoms. The number of likely N-dealkylation sites (tertiary alicyclic amines) is 1. The van der Waals surface area contributed by atoms with E-state index in [0.717, 1.165) is 55.4 Å². The van der Waals surface area contributed by atoms with Gasteiger partial charge in [0.25, 0.3) is 0 Å². The average molecular weight is 425 g/mol. The van der Waals surface area contributed by atoms with Gasteiger partial charge in [0.15, 0.2) is 0 Å². The van der Waals surface area contributed by atoms with E-state index >= 15 is 0 Å². The van der Waals surface area contributed by atoms with Crippen LogP contribution in [0.3, 0.4) is 0 Å². The first-order valence-electron chi connectivity index (χ1n) is 11.7. The summed E-state index contributed by atoms with van der Waals surface area (Å²) in [6, 6.07) is 6.69. The molecule has 2 amide bonds. The van der Waals surface area contributed by atoms with E-state index in [9.17, 15) is 14.4 Å². The summed E-state index contributed by atoms with van der Waals surface area (Å²) in [5, 5.41) is 3.01. The number of nitrogens with one attached hydrogen (secondary N) is 1. The van der Waals surface area contributed by atoms with Gasteiger partial charge >= 0.3 is 5.97 Å². The van der Waals surface area contributed by atoms with Gasteiger partial charge in [-0.05, 0) is 86.8 Å². The van der Waals surface area contributed by atoms with Crippen LogP contribution in [0.4, 0.5) is 0 Å². The van der Waals surface area contributed by atoms with Gasteiger partial charge in [-0.25, -0.2) is 4.79 Å². The average Bonchev–Trinajstić information content (AvgIpc) is 3.25. The first-order valence-corrected chi connectivity index (χ1v) is 11.7. The molecule has 4 aliphatic carbocycles. The van der Waals surface area contributed by atoms with Gasteiger partial charge in [0.2, 0.25) is 11.8 Å². The summed E-state index contributed by atoms with van der Waals surface area (Å²) in [7, 11) is 1.36. The second kappa shape index (κ2) is 7.95. The summed E-state index contributed by atoms with van der Waals surface area (Å²) >= 11 is 0. The standard InChI is InChI=1S/C25H32N2O4/c1-31-23(29)20-6-4-16(5-7-20)15-26-22(28)21-3-2-8-27(21)24(30)25-12-17-9-18(13-25)11-19(10-17)14-25/h4-7,17-19,21H,2-3,8-15H2,1H3,(H,26,28). The van der Waals surface area contributed by atoms with Gasteiger partial charge in [0, 0.05) is 13.1 Å². The van der Waals surface area contributed by atoms with E-state index in [-0.39, 0.29) is 29.2 Å². The summed E-state index contributed by atoms with van der Waals surface area (Å²) in [6.07, 6.45) is 8.68. The Morgan fingerprint density at radius 3 is 2.23 bits per heavy atom. The number of nitrogens with zero attached hydrogens (tertiary/aromatic N) is 1. The Morgan fingerprint density at radius 2 is 1.65 bits per heavy atom. The van der Waals surface area contributed by atoms with Crippen LogP contribution in [0, 0.1) is 23.2 Å². The summed E-state index contributed by atoms with van der Waals surface area (Å²) in [5.74, 6) is 1.98. The molecular formula is C25H32N2O4. The van der Waals surface area contributed by atoms with Crippen molar-refractivity contribution in [2.45, 2.75) is 64.0 Å². The van der Waals surface area contributed by atoms with E-state index < -0.39 is 0 Å². The van der Waals surface area contributed by atoms with Crippen molar-refractivity contribution in [1.29, 1.82) is 0 Å². The number of methoxy groups -OCH3 is 1. The van der Waals surface area contributed by atoms with Crippen LogP contribution in [0.5, 0.6) is 0 Å². The maximum Gasteiger partial charge on any atom is 0.337 e. The van der Waals surface area contributed by atoms with Crippen molar-refractivity contribution in [2.24, 2.45) is 23.2 Å². The molecule has 1 N–H and O–H groups in total. The van der Waals surface area contributed by atoms with Crippen LogP contribution < -0.4 is 5.32 Å². The lowest BCUT2D eigenvalue weighted by Crippen LogP contribution is -2.57. The largest absolute Gasteiger partial charge is 0.465 e. The van der Waals surface area contributed by atoms with E-state index in [1.807, 2.05) is 17.0 Å². The molecule has 4 saturated carbocycles. The van der Waals surface area contributed by atoms with Gasteiger partial charge in [0.05, 0.1) is 18.1 Å². The SMILES string of the molecule is COC(=O)c1ccc(CNC(=O)C2CCCN2C(=O)C23CC4CC(CC(C4)C2)C3)cc1. The number of hydrogen-bond acceptors (Lipinski definition) is 4. The molecule has 5 fully saturated rings. The van der Waals surface area contributed by atoms with E-state index in [4.69, 9.17) is 4.74 Å². The molecule has 6 nitrogen and oxygen atoms in total. The van der Waals surface area contributed by atoms with Gasteiger partial charge in [-0.15, -0.1) is 0 Å². The highest BCUT2D eigenvalue weighted by Gasteiger charge is 2.56. The van der Waals surface area contributed by atoms with Gasteiger partial charge < -0.3 is 15.0 Å². The number of hydrogen-bond donors (Lipinski definition) is 1. The number of rotatable bonds is 5. The molecule has 1 atom stereocenters. The summed E-state index contributed by atoms with van der Waals surface area (Å²) in [5.41, 5.74) is 1.21. The lowest BCUT2D eigenvalue weighted by Gasteiger charge is -2.56. The minimum atomic E-state index is -0.375. The summed E-state index contributed by atoms with van der Waals surface area (Å²) in [4.78, 5) is 40.2. The highest BCUT2D eigenvalue weighted by atomic mass is 16.5. The fourth-order valence-electron chi connectivity index (χ4n) is 7.14. The third kappa shape index (κ3) is 3.74. The summed E-state index contributed by atoms with van der Waals surface area (Å²) in [6.45, 7) is 1.09. The van der Waals surface area contributed by atoms with Crippen LogP contribution in [0.15, 0.2) is 24.3 Å². The zero-order chi connectivity index (χ0) is 21.6. The Morgan fingerprint density at radius 1 is 1.03 bits per heavy atom. The number of carbonyl (C=O) groups excluding carboxylic acids is 3. The normalized spacial score (nSPS) is 33.4. The molecule has 5 aliphatic rings. The Balaban J connectivity index is 1.22. The highest BCUT2D eigenvalue weighted by Crippen LogP contribution is 2.60. The molecule has 166 valence electrons. The molecule has 6 rings (SSSR count). The number of benzene rings is 1. The number of esters is 1. The third-order valence-corrected chi connectivity index (χ3v) is 8.15. The lowest BCUT2D eigenvalue weighted by atomic mass is 9.49. The third-order valence-electron chi connectivity index (χ3n) is 8.15. The van der Waals surface area contributed by atoms with Crippen molar-refractivity contribution in [2.75, 3.05) is 13.7 Å². The van der Waals surface area contributed by atoms with Gasteiger partial charge in [-0.1, -0.05) is 12.1 Å². The van der Waals surface area contributed by atoms with E-state index in [1.54, 1.807) is 12.1 Å². The Hall–Kier alpha value is -2.37. The van der Waals surface area contributed by atoms with Crippen molar-refractivity contribution >= 4 is 17.8 Å². The van der Waals surface area contributed by atoms with Gasteiger partial charge in [-0.2, -0.15) is 0 Å². The highest BCUT2D eigenvalue weighted by molar-refractivity contribution is 5.91. The summed E-state index contributed by atoms with van der Waals surface area (Å²) < 4.78 is 4.72. The van der Waals surface area contributed by atoms with E-state index in [2.05, 4.69) is 5.32 Å². The fourth-order valence-corrected chi connectivity index (χ4v) is 7.14. The Labute approximate surface area is 183 Å². The smallest absolute Gasteiger partial charge is 0.337 e. The van der Waals surface area contributed by atoms with Crippen LogP contribution in [-0.2, 0) is 20.9 Å². The zero-order valence-electron chi connectivity index (χ0n) is 18.3. The van der Waals surface area contributed by atoms with Crippen LogP contribution in [0.2, 0.25) is 0 Å². The number of amides is 2. The molecule has 1 aliphatic heterocycles. The van der Waals surface area contributed by atoms with Crippen LogP contribution in [-0.4, -0.2) is 42.4 Å². The van der Waals surface area contributed by atoms with Gasteiger partial charge in [-0.3, -0.25) is 9.59 Å². The van der Waals surface area contributed by atoms with Gasteiger partial charge in [0.1, 0.15) is 6.04 Å². The van der Waals surface area contributed by atoms with Crippen LogP contribution in [0.1, 0.15) is 67.3 Å².